The molecule has 2 heterocycles. The number of benzene rings is 3. The van der Waals surface area contributed by atoms with Crippen LogP contribution in [0.2, 0.25) is 0 Å². The first-order valence-corrected chi connectivity index (χ1v) is 13.0. The van der Waals surface area contributed by atoms with Crippen molar-refractivity contribution >= 4 is 23.4 Å². The first-order chi connectivity index (χ1) is 19.9. The van der Waals surface area contributed by atoms with Crippen molar-refractivity contribution in [3.8, 4) is 5.75 Å². The molecule has 1 amide bonds. The summed E-state index contributed by atoms with van der Waals surface area (Å²) in [7, 11) is 1.29. The topological polar surface area (TPSA) is 106 Å². The van der Waals surface area contributed by atoms with Gasteiger partial charge in [0.05, 0.1) is 24.3 Å². The van der Waals surface area contributed by atoms with E-state index in [0.717, 1.165) is 16.7 Å². The Hall–Kier alpha value is -5.24. The maximum Gasteiger partial charge on any atom is 0.337 e. The van der Waals surface area contributed by atoms with E-state index in [1.165, 1.54) is 12.0 Å². The van der Waals surface area contributed by atoms with E-state index in [-0.39, 0.29) is 17.9 Å². The number of carbonyl (C=O) groups is 3. The van der Waals surface area contributed by atoms with Crippen LogP contribution < -0.4 is 4.74 Å². The standard InChI is InChI=1S/C33H28N2O6/c1-21-6-3-4-8-26(21)20-41-27-15-13-24(14-16-27)30(36)28-29(23-9-11-25(12-10-23)33(39)40-2)35(32(38)31(28)37)19-22-7-5-17-34-18-22/h3-18,29,36H,19-20H2,1-2H3/b30-28+. The fourth-order valence-electron chi connectivity index (χ4n) is 4.79. The molecule has 1 aliphatic heterocycles. The van der Waals surface area contributed by atoms with Crippen molar-refractivity contribution in [2.75, 3.05) is 7.11 Å². The fraction of sp³-hybridized carbons (Fsp3) is 0.152. The fourth-order valence-corrected chi connectivity index (χ4v) is 4.79. The highest BCUT2D eigenvalue weighted by Gasteiger charge is 2.46. The average molecular weight is 549 g/mol. The van der Waals surface area contributed by atoms with Crippen LogP contribution in [0.15, 0.2) is 103 Å². The first kappa shape index (κ1) is 27.3. The Morgan fingerprint density at radius 3 is 2.29 bits per heavy atom. The second kappa shape index (κ2) is 11.9. The number of methoxy groups -OCH3 is 1. The lowest BCUT2D eigenvalue weighted by Gasteiger charge is -2.25. The highest BCUT2D eigenvalue weighted by atomic mass is 16.5. The Kier molecular flexibility index (Phi) is 7.92. The molecule has 1 fully saturated rings. The van der Waals surface area contributed by atoms with Gasteiger partial charge in [-0.3, -0.25) is 14.6 Å². The number of pyridine rings is 1. The number of aliphatic hydroxyl groups excluding tert-OH is 1. The Bertz CT molecular complexity index is 1610. The van der Waals surface area contributed by atoms with Gasteiger partial charge in [0.15, 0.2) is 0 Å². The second-order valence-electron chi connectivity index (χ2n) is 9.64. The number of ketones is 1. The van der Waals surface area contributed by atoms with Gasteiger partial charge in [-0.15, -0.1) is 0 Å². The molecule has 1 atom stereocenters. The largest absolute Gasteiger partial charge is 0.507 e. The molecule has 1 unspecified atom stereocenters. The molecule has 0 spiro atoms. The van der Waals surface area contributed by atoms with E-state index in [2.05, 4.69) is 4.98 Å². The molecule has 41 heavy (non-hydrogen) atoms. The molecule has 5 rings (SSSR count). The number of rotatable bonds is 8. The summed E-state index contributed by atoms with van der Waals surface area (Å²) in [4.78, 5) is 44.1. The average Bonchev–Trinajstić information content (AvgIpc) is 3.25. The molecule has 8 nitrogen and oxygen atoms in total. The minimum absolute atomic E-state index is 0.0433. The molecule has 1 saturated heterocycles. The van der Waals surface area contributed by atoms with E-state index < -0.39 is 23.7 Å². The number of Topliss-reactive ketones (excluding diaryl/α,β-unsaturated/α-hetero) is 1. The second-order valence-corrected chi connectivity index (χ2v) is 9.64. The summed E-state index contributed by atoms with van der Waals surface area (Å²) in [6.07, 6.45) is 3.24. The van der Waals surface area contributed by atoms with Crippen molar-refractivity contribution in [2.24, 2.45) is 0 Å². The number of carbonyl (C=O) groups excluding carboxylic acids is 3. The number of nitrogens with zero attached hydrogens (tertiary/aromatic N) is 2. The minimum Gasteiger partial charge on any atom is -0.507 e. The molecular formula is C33H28N2O6. The van der Waals surface area contributed by atoms with Crippen molar-refractivity contribution in [1.29, 1.82) is 0 Å². The Labute approximate surface area is 237 Å². The molecule has 0 saturated carbocycles. The van der Waals surface area contributed by atoms with Gasteiger partial charge in [-0.05, 0) is 71.6 Å². The van der Waals surface area contributed by atoms with Crippen LogP contribution in [0.1, 0.15) is 44.2 Å². The number of hydrogen-bond donors (Lipinski definition) is 1. The molecular weight excluding hydrogens is 520 g/mol. The smallest absolute Gasteiger partial charge is 0.337 e. The van der Waals surface area contributed by atoms with Crippen LogP contribution in [0, 0.1) is 6.92 Å². The van der Waals surface area contributed by atoms with Crippen LogP contribution in [0.3, 0.4) is 0 Å². The number of ether oxygens (including phenoxy) is 2. The van der Waals surface area contributed by atoms with E-state index in [1.54, 1.807) is 73.1 Å². The van der Waals surface area contributed by atoms with Gasteiger partial charge in [0.25, 0.3) is 11.7 Å². The van der Waals surface area contributed by atoms with Gasteiger partial charge < -0.3 is 19.5 Å². The monoisotopic (exact) mass is 548 g/mol. The van der Waals surface area contributed by atoms with Crippen molar-refractivity contribution in [1.82, 2.24) is 9.88 Å². The summed E-state index contributed by atoms with van der Waals surface area (Å²) in [5.74, 6) is -1.75. The summed E-state index contributed by atoms with van der Waals surface area (Å²) in [5.41, 5.74) is 4.11. The summed E-state index contributed by atoms with van der Waals surface area (Å²) >= 11 is 0. The zero-order valence-corrected chi connectivity index (χ0v) is 22.6. The van der Waals surface area contributed by atoms with Gasteiger partial charge in [-0.1, -0.05) is 42.5 Å². The van der Waals surface area contributed by atoms with Crippen molar-refractivity contribution in [3.05, 3.63) is 136 Å². The van der Waals surface area contributed by atoms with Gasteiger partial charge in [0.2, 0.25) is 0 Å². The summed E-state index contributed by atoms with van der Waals surface area (Å²) in [6.45, 7) is 2.51. The van der Waals surface area contributed by atoms with E-state index in [9.17, 15) is 19.5 Å². The maximum absolute atomic E-state index is 13.4. The SMILES string of the molecule is COC(=O)c1ccc(C2/C(=C(\O)c3ccc(OCc4ccccc4C)cc3)C(=O)C(=O)N2Cc2cccnc2)cc1. The van der Waals surface area contributed by atoms with Crippen LogP contribution in [0.4, 0.5) is 0 Å². The summed E-state index contributed by atoms with van der Waals surface area (Å²) < 4.78 is 10.7. The molecule has 4 aromatic rings. The minimum atomic E-state index is -0.890. The van der Waals surface area contributed by atoms with Gasteiger partial charge in [0, 0.05) is 24.5 Å². The number of esters is 1. The first-order valence-electron chi connectivity index (χ1n) is 13.0. The quantitative estimate of drug-likeness (QED) is 0.136. The molecule has 1 N–H and O–H groups in total. The Morgan fingerprint density at radius 2 is 1.63 bits per heavy atom. The number of aromatic nitrogens is 1. The Morgan fingerprint density at radius 1 is 0.927 bits per heavy atom. The summed E-state index contributed by atoms with van der Waals surface area (Å²) in [5, 5.41) is 11.4. The lowest BCUT2D eigenvalue weighted by atomic mass is 9.94. The van der Waals surface area contributed by atoms with Crippen LogP contribution in [-0.4, -0.2) is 39.8 Å². The van der Waals surface area contributed by atoms with Crippen molar-refractivity contribution < 1.29 is 29.0 Å². The third-order valence-electron chi connectivity index (χ3n) is 7.05. The molecule has 1 aromatic heterocycles. The van der Waals surface area contributed by atoms with Gasteiger partial charge in [-0.25, -0.2) is 4.79 Å². The van der Waals surface area contributed by atoms with Crippen LogP contribution >= 0.6 is 0 Å². The van der Waals surface area contributed by atoms with Crippen molar-refractivity contribution in [2.45, 2.75) is 26.1 Å². The number of likely N-dealkylation sites (tertiary alicyclic amines) is 1. The zero-order valence-electron chi connectivity index (χ0n) is 22.6. The lowest BCUT2D eigenvalue weighted by molar-refractivity contribution is -0.140. The third kappa shape index (κ3) is 5.72. The van der Waals surface area contributed by atoms with Crippen LogP contribution in [0.5, 0.6) is 5.75 Å². The molecule has 206 valence electrons. The number of hydrogen-bond acceptors (Lipinski definition) is 7. The van der Waals surface area contributed by atoms with E-state index >= 15 is 0 Å². The van der Waals surface area contributed by atoms with Crippen LogP contribution in [-0.2, 0) is 27.5 Å². The predicted molar refractivity (Wildman–Crippen MR) is 152 cm³/mol. The molecule has 3 aromatic carbocycles. The maximum atomic E-state index is 13.4. The molecule has 8 heteroatoms. The van der Waals surface area contributed by atoms with Gasteiger partial charge in [0.1, 0.15) is 18.1 Å². The van der Waals surface area contributed by atoms with Crippen molar-refractivity contribution in [3.63, 3.8) is 0 Å². The highest BCUT2D eigenvalue weighted by Crippen LogP contribution is 2.40. The Balaban J connectivity index is 1.49. The van der Waals surface area contributed by atoms with E-state index in [0.29, 0.717) is 29.0 Å². The highest BCUT2D eigenvalue weighted by molar-refractivity contribution is 6.46. The number of aryl methyl sites for hydroxylation is 1. The number of aliphatic hydroxyl groups is 1. The van der Waals surface area contributed by atoms with Gasteiger partial charge in [-0.2, -0.15) is 0 Å². The zero-order chi connectivity index (χ0) is 28.9. The van der Waals surface area contributed by atoms with Gasteiger partial charge >= 0.3 is 5.97 Å². The summed E-state index contributed by atoms with van der Waals surface area (Å²) in [6, 6.07) is 23.7. The lowest BCUT2D eigenvalue weighted by Crippen LogP contribution is -2.29. The number of amides is 1. The van der Waals surface area contributed by atoms with E-state index in [1.807, 2.05) is 31.2 Å². The third-order valence-corrected chi connectivity index (χ3v) is 7.05. The van der Waals surface area contributed by atoms with Crippen LogP contribution in [0.25, 0.3) is 5.76 Å². The molecule has 1 aliphatic rings. The predicted octanol–water partition coefficient (Wildman–Crippen LogP) is 5.38. The normalized spacial score (nSPS) is 16.0. The molecule has 0 radical (unpaired) electrons. The molecule has 0 bridgehead atoms. The van der Waals surface area contributed by atoms with E-state index in [4.69, 9.17) is 9.47 Å². The molecule has 0 aliphatic carbocycles.